The van der Waals surface area contributed by atoms with E-state index in [0.29, 0.717) is 0 Å². The van der Waals surface area contributed by atoms with Gasteiger partial charge in [0.25, 0.3) is 5.91 Å². The number of amides is 1. The van der Waals surface area contributed by atoms with Gasteiger partial charge >= 0.3 is 0 Å². The zero-order valence-corrected chi connectivity index (χ0v) is 16.5. The van der Waals surface area contributed by atoms with Crippen molar-refractivity contribution in [1.29, 1.82) is 0 Å². The number of rotatable bonds is 5. The zero-order valence-electron chi connectivity index (χ0n) is 16.5. The monoisotopic (exact) mass is 368 g/mol. The van der Waals surface area contributed by atoms with Crippen LogP contribution < -0.4 is 15.0 Å². The second-order valence-corrected chi connectivity index (χ2v) is 7.27. The third-order valence-corrected chi connectivity index (χ3v) is 4.69. The fraction of sp³-hybridized carbons (Fsp3) is 0.409. The van der Waals surface area contributed by atoms with E-state index in [1.807, 2.05) is 56.3 Å². The third-order valence-electron chi connectivity index (χ3n) is 4.69. The van der Waals surface area contributed by atoms with Gasteiger partial charge in [0.15, 0.2) is 6.61 Å². The molecule has 2 aromatic carbocycles. The van der Waals surface area contributed by atoms with Crippen LogP contribution in [-0.4, -0.2) is 37.8 Å². The summed E-state index contributed by atoms with van der Waals surface area (Å²) in [5, 5.41) is 2.89. The highest BCUT2D eigenvalue weighted by molar-refractivity contribution is 5.92. The molecule has 0 aliphatic carbocycles. The van der Waals surface area contributed by atoms with E-state index in [2.05, 4.69) is 24.1 Å². The molecule has 1 aliphatic heterocycles. The Bertz CT molecular complexity index is 758. The van der Waals surface area contributed by atoms with E-state index in [1.165, 1.54) is 0 Å². The van der Waals surface area contributed by atoms with Gasteiger partial charge in [0.1, 0.15) is 5.75 Å². The minimum absolute atomic E-state index is 0.00800. The normalized spacial score (nSPS) is 19.6. The van der Waals surface area contributed by atoms with Crippen LogP contribution in [0.15, 0.2) is 42.5 Å². The summed E-state index contributed by atoms with van der Waals surface area (Å²) in [6, 6.07) is 13.9. The van der Waals surface area contributed by atoms with Gasteiger partial charge in [-0.15, -0.1) is 0 Å². The molecule has 3 rings (SSSR count). The van der Waals surface area contributed by atoms with E-state index in [4.69, 9.17) is 9.47 Å². The predicted octanol–water partition coefficient (Wildman–Crippen LogP) is 3.93. The van der Waals surface area contributed by atoms with Crippen molar-refractivity contribution >= 4 is 17.3 Å². The number of nitrogens with one attached hydrogen (secondary N) is 1. The molecule has 2 atom stereocenters. The maximum atomic E-state index is 12.2. The minimum atomic E-state index is -0.168. The van der Waals surface area contributed by atoms with Gasteiger partial charge in [-0.05, 0) is 63.1 Å². The minimum Gasteiger partial charge on any atom is -0.483 e. The Morgan fingerprint density at radius 2 is 1.67 bits per heavy atom. The molecule has 1 heterocycles. The molecule has 144 valence electrons. The number of benzene rings is 2. The molecule has 1 saturated heterocycles. The maximum absolute atomic E-state index is 12.2. The van der Waals surface area contributed by atoms with Crippen LogP contribution >= 0.6 is 0 Å². The van der Waals surface area contributed by atoms with Crippen molar-refractivity contribution in [2.45, 2.75) is 39.9 Å². The average Bonchev–Trinajstić information content (AvgIpc) is 2.61. The second kappa shape index (κ2) is 8.44. The number of para-hydroxylation sites is 1. The average molecular weight is 368 g/mol. The fourth-order valence-corrected chi connectivity index (χ4v) is 3.51. The summed E-state index contributed by atoms with van der Waals surface area (Å²) in [7, 11) is 0. The molecule has 1 fully saturated rings. The van der Waals surface area contributed by atoms with Gasteiger partial charge < -0.3 is 19.7 Å². The highest BCUT2D eigenvalue weighted by Crippen LogP contribution is 2.23. The summed E-state index contributed by atoms with van der Waals surface area (Å²) >= 11 is 0. The predicted molar refractivity (Wildman–Crippen MR) is 109 cm³/mol. The lowest BCUT2D eigenvalue weighted by atomic mass is 10.1. The van der Waals surface area contributed by atoms with Gasteiger partial charge in [-0.1, -0.05) is 18.2 Å². The molecule has 5 heteroatoms. The van der Waals surface area contributed by atoms with E-state index >= 15 is 0 Å². The van der Waals surface area contributed by atoms with Crippen molar-refractivity contribution in [3.05, 3.63) is 53.6 Å². The van der Waals surface area contributed by atoms with Crippen molar-refractivity contribution in [2.24, 2.45) is 0 Å². The van der Waals surface area contributed by atoms with Crippen molar-refractivity contribution < 1.29 is 14.3 Å². The van der Waals surface area contributed by atoms with Crippen molar-refractivity contribution in [3.63, 3.8) is 0 Å². The highest BCUT2D eigenvalue weighted by atomic mass is 16.5. The van der Waals surface area contributed by atoms with E-state index in [0.717, 1.165) is 41.3 Å². The number of aryl methyl sites for hydroxylation is 2. The number of hydrogen-bond acceptors (Lipinski definition) is 4. The van der Waals surface area contributed by atoms with E-state index in [-0.39, 0.29) is 24.7 Å². The maximum Gasteiger partial charge on any atom is 0.262 e. The fourth-order valence-electron chi connectivity index (χ4n) is 3.51. The molecule has 2 aromatic rings. The molecular formula is C22H28N2O3. The smallest absolute Gasteiger partial charge is 0.262 e. The van der Waals surface area contributed by atoms with E-state index < -0.39 is 0 Å². The van der Waals surface area contributed by atoms with Gasteiger partial charge in [0.05, 0.1) is 12.2 Å². The number of nitrogens with zero attached hydrogens (tertiary/aromatic N) is 1. The van der Waals surface area contributed by atoms with Gasteiger partial charge in [-0.3, -0.25) is 4.79 Å². The number of carbonyl (C=O) groups excluding carboxylic acids is 1. The Morgan fingerprint density at radius 1 is 1.07 bits per heavy atom. The van der Waals surface area contributed by atoms with Crippen LogP contribution in [0.1, 0.15) is 25.0 Å². The Morgan fingerprint density at radius 3 is 2.26 bits per heavy atom. The summed E-state index contributed by atoms with van der Waals surface area (Å²) in [5.74, 6) is 0.609. The molecule has 0 saturated carbocycles. The summed E-state index contributed by atoms with van der Waals surface area (Å²) in [6.07, 6.45) is 0.436. The summed E-state index contributed by atoms with van der Waals surface area (Å²) in [6.45, 7) is 9.88. The Balaban J connectivity index is 1.55. The highest BCUT2D eigenvalue weighted by Gasteiger charge is 2.22. The van der Waals surface area contributed by atoms with Crippen LogP contribution in [0.4, 0.5) is 11.4 Å². The molecule has 1 aliphatic rings. The molecular weight excluding hydrogens is 340 g/mol. The SMILES string of the molecule is Cc1cccc(C)c1OCC(=O)Nc1ccc(N2CC(C)OC(C)C2)cc1. The van der Waals surface area contributed by atoms with Gasteiger partial charge in [0.2, 0.25) is 0 Å². The Labute approximate surface area is 161 Å². The number of ether oxygens (including phenoxy) is 2. The quantitative estimate of drug-likeness (QED) is 0.869. The lowest BCUT2D eigenvalue weighted by Crippen LogP contribution is -2.45. The van der Waals surface area contributed by atoms with Crippen LogP contribution in [0.3, 0.4) is 0 Å². The number of carbonyl (C=O) groups is 1. The number of morpholine rings is 1. The lowest BCUT2D eigenvalue weighted by Gasteiger charge is -2.36. The Kier molecular flexibility index (Phi) is 6.01. The standard InChI is InChI=1S/C22H28N2O3/c1-15-6-5-7-16(2)22(15)26-14-21(25)23-19-8-10-20(11-9-19)24-12-17(3)27-18(4)13-24/h5-11,17-18H,12-14H2,1-4H3,(H,23,25). The van der Waals surface area contributed by atoms with E-state index in [1.54, 1.807) is 0 Å². The molecule has 5 nitrogen and oxygen atoms in total. The largest absolute Gasteiger partial charge is 0.483 e. The Hall–Kier alpha value is -2.53. The molecule has 0 aromatic heterocycles. The van der Waals surface area contributed by atoms with Crippen LogP contribution in [-0.2, 0) is 9.53 Å². The van der Waals surface area contributed by atoms with Crippen LogP contribution in [0, 0.1) is 13.8 Å². The van der Waals surface area contributed by atoms with Gasteiger partial charge in [-0.25, -0.2) is 0 Å². The molecule has 0 radical (unpaired) electrons. The number of anilines is 2. The molecule has 0 bridgehead atoms. The summed E-state index contributed by atoms with van der Waals surface area (Å²) < 4.78 is 11.5. The topological polar surface area (TPSA) is 50.8 Å². The second-order valence-electron chi connectivity index (χ2n) is 7.27. The van der Waals surface area contributed by atoms with Gasteiger partial charge in [-0.2, -0.15) is 0 Å². The molecule has 1 N–H and O–H groups in total. The molecule has 0 spiro atoms. The number of hydrogen-bond donors (Lipinski definition) is 1. The first-order chi connectivity index (χ1) is 12.9. The molecule has 27 heavy (non-hydrogen) atoms. The molecule has 1 amide bonds. The summed E-state index contributed by atoms with van der Waals surface area (Å²) in [5.41, 5.74) is 3.97. The first-order valence-corrected chi connectivity index (χ1v) is 9.41. The van der Waals surface area contributed by atoms with E-state index in [9.17, 15) is 4.79 Å². The van der Waals surface area contributed by atoms with Crippen molar-refractivity contribution in [1.82, 2.24) is 0 Å². The van der Waals surface area contributed by atoms with Crippen molar-refractivity contribution in [3.8, 4) is 5.75 Å². The van der Waals surface area contributed by atoms with Crippen LogP contribution in [0.5, 0.6) is 5.75 Å². The lowest BCUT2D eigenvalue weighted by molar-refractivity contribution is -0.118. The van der Waals surface area contributed by atoms with Crippen molar-refractivity contribution in [2.75, 3.05) is 29.9 Å². The van der Waals surface area contributed by atoms with Crippen LogP contribution in [0.25, 0.3) is 0 Å². The van der Waals surface area contributed by atoms with Gasteiger partial charge in [0, 0.05) is 24.5 Å². The first-order valence-electron chi connectivity index (χ1n) is 9.41. The third kappa shape index (κ3) is 5.01. The summed E-state index contributed by atoms with van der Waals surface area (Å²) in [4.78, 5) is 14.5. The zero-order chi connectivity index (χ0) is 19.4. The first kappa shape index (κ1) is 19.2. The van der Waals surface area contributed by atoms with Crippen LogP contribution in [0.2, 0.25) is 0 Å². The molecule has 2 unspecified atom stereocenters.